The predicted molar refractivity (Wildman–Crippen MR) is 97.0 cm³/mol. The molecule has 3 rings (SSSR count). The van der Waals surface area contributed by atoms with Crippen LogP contribution >= 0.6 is 0 Å². The standard InChI is InChI=1S/C18H32O13/c1-4-7(19)9(21)11(23)17(28-4)30-14-6(3)27-16(26)13(25)15(14)31-18-12(24)10(22)8(20)5(2)29-18/h4-26H,1-3H3/t4-,5-,6-,7-,8+,9+,10+,11+,12-,13+,14-,15-,16+,17-,18+/m0/s1. The Hall–Kier alpha value is -0.520. The number of ether oxygens (including phenoxy) is 5. The fourth-order valence-electron chi connectivity index (χ4n) is 3.91. The van der Waals surface area contributed by atoms with Crippen LogP contribution in [0.2, 0.25) is 0 Å². The van der Waals surface area contributed by atoms with E-state index in [1.165, 1.54) is 20.8 Å². The van der Waals surface area contributed by atoms with E-state index in [0.29, 0.717) is 0 Å². The highest BCUT2D eigenvalue weighted by atomic mass is 16.8. The van der Waals surface area contributed by atoms with Crippen molar-refractivity contribution in [2.45, 2.75) is 113 Å². The number of aliphatic hydroxyl groups excluding tert-OH is 8. The lowest BCUT2D eigenvalue weighted by Gasteiger charge is -2.47. The highest BCUT2D eigenvalue weighted by Crippen LogP contribution is 2.32. The van der Waals surface area contributed by atoms with E-state index in [1.54, 1.807) is 0 Å². The molecule has 8 N–H and O–H groups in total. The highest BCUT2D eigenvalue weighted by molar-refractivity contribution is 4.95. The van der Waals surface area contributed by atoms with Gasteiger partial charge in [-0.2, -0.15) is 0 Å². The zero-order valence-electron chi connectivity index (χ0n) is 17.3. The van der Waals surface area contributed by atoms with Crippen LogP contribution in [0.4, 0.5) is 0 Å². The third kappa shape index (κ3) is 4.89. The van der Waals surface area contributed by atoms with Crippen molar-refractivity contribution in [3.05, 3.63) is 0 Å². The summed E-state index contributed by atoms with van der Waals surface area (Å²) in [5.41, 5.74) is 0. The van der Waals surface area contributed by atoms with Gasteiger partial charge in [0.1, 0.15) is 54.9 Å². The molecule has 0 aromatic heterocycles. The summed E-state index contributed by atoms with van der Waals surface area (Å²) in [6.45, 7) is 4.39. The minimum Gasteiger partial charge on any atom is -0.388 e. The van der Waals surface area contributed by atoms with Crippen LogP contribution in [-0.2, 0) is 23.7 Å². The monoisotopic (exact) mass is 456 g/mol. The largest absolute Gasteiger partial charge is 0.388 e. The summed E-state index contributed by atoms with van der Waals surface area (Å²) in [5, 5.41) is 80.6. The second-order valence-corrected chi connectivity index (χ2v) is 8.29. The van der Waals surface area contributed by atoms with Crippen molar-refractivity contribution in [3.8, 4) is 0 Å². The van der Waals surface area contributed by atoms with E-state index >= 15 is 0 Å². The summed E-state index contributed by atoms with van der Waals surface area (Å²) in [4.78, 5) is 0. The van der Waals surface area contributed by atoms with Crippen molar-refractivity contribution in [1.82, 2.24) is 0 Å². The molecule has 31 heavy (non-hydrogen) atoms. The van der Waals surface area contributed by atoms with Crippen molar-refractivity contribution in [1.29, 1.82) is 0 Å². The van der Waals surface area contributed by atoms with Crippen LogP contribution < -0.4 is 0 Å². The summed E-state index contributed by atoms with van der Waals surface area (Å²) >= 11 is 0. The van der Waals surface area contributed by atoms with Crippen molar-refractivity contribution in [3.63, 3.8) is 0 Å². The number of hydrogen-bond donors (Lipinski definition) is 8. The molecule has 13 nitrogen and oxygen atoms in total. The van der Waals surface area contributed by atoms with Gasteiger partial charge in [-0.15, -0.1) is 0 Å². The lowest BCUT2D eigenvalue weighted by Crippen LogP contribution is -2.65. The second kappa shape index (κ2) is 9.77. The van der Waals surface area contributed by atoms with E-state index in [4.69, 9.17) is 23.7 Å². The molecule has 3 saturated heterocycles. The molecule has 0 bridgehead atoms. The fourth-order valence-corrected chi connectivity index (χ4v) is 3.91. The van der Waals surface area contributed by atoms with Gasteiger partial charge in [-0.1, -0.05) is 0 Å². The van der Waals surface area contributed by atoms with E-state index in [9.17, 15) is 40.9 Å². The zero-order chi connectivity index (χ0) is 23.2. The van der Waals surface area contributed by atoms with E-state index in [1.807, 2.05) is 0 Å². The van der Waals surface area contributed by atoms with Crippen LogP contribution in [0.5, 0.6) is 0 Å². The topological polar surface area (TPSA) is 208 Å². The molecule has 0 aliphatic carbocycles. The normalized spacial score (nSPS) is 56.4. The van der Waals surface area contributed by atoms with Gasteiger partial charge in [0.15, 0.2) is 18.9 Å². The van der Waals surface area contributed by atoms with Crippen LogP contribution in [0.25, 0.3) is 0 Å². The van der Waals surface area contributed by atoms with Crippen molar-refractivity contribution < 1.29 is 64.5 Å². The van der Waals surface area contributed by atoms with Gasteiger partial charge >= 0.3 is 0 Å². The Balaban J connectivity index is 1.78. The maximum Gasteiger partial charge on any atom is 0.187 e. The molecule has 182 valence electrons. The Morgan fingerprint density at radius 3 is 1.32 bits per heavy atom. The maximum absolute atomic E-state index is 10.4. The minimum atomic E-state index is -1.69. The molecule has 3 heterocycles. The smallest absolute Gasteiger partial charge is 0.187 e. The Morgan fingerprint density at radius 1 is 0.452 bits per heavy atom. The third-order valence-electron chi connectivity index (χ3n) is 5.97. The molecule has 0 spiro atoms. The highest BCUT2D eigenvalue weighted by Gasteiger charge is 2.52. The molecule has 0 aromatic rings. The van der Waals surface area contributed by atoms with E-state index in [-0.39, 0.29) is 0 Å². The predicted octanol–water partition coefficient (Wildman–Crippen LogP) is -4.49. The van der Waals surface area contributed by atoms with E-state index in [0.717, 1.165) is 0 Å². The number of rotatable bonds is 4. The first kappa shape index (κ1) is 25.1. The Kier molecular flexibility index (Phi) is 7.91. The molecule has 3 fully saturated rings. The fraction of sp³-hybridized carbons (Fsp3) is 1.00. The molecule has 3 aliphatic rings. The molecule has 0 amide bonds. The summed E-state index contributed by atoms with van der Waals surface area (Å²) < 4.78 is 27.4. The SMILES string of the molecule is C[C@@H]1O[C@@H](O[C@@H]2[C@@H](O[C@H]3O[C@@H](C)[C@@H](O)[C@@H](O)[C@@H]3O)[C@@H](O)[C@H](O)O[C@H]2C)[C@H](O)[C@H](O)[C@H]1O. The summed E-state index contributed by atoms with van der Waals surface area (Å²) in [5.74, 6) is 0. The van der Waals surface area contributed by atoms with Gasteiger partial charge in [-0.3, -0.25) is 0 Å². The third-order valence-corrected chi connectivity index (χ3v) is 5.97. The average molecular weight is 456 g/mol. The second-order valence-electron chi connectivity index (χ2n) is 8.29. The molecule has 15 atom stereocenters. The molecular formula is C18H32O13. The average Bonchev–Trinajstić information content (AvgIpc) is 2.72. The van der Waals surface area contributed by atoms with Gasteiger partial charge in [-0.05, 0) is 20.8 Å². The van der Waals surface area contributed by atoms with Gasteiger partial charge in [0.05, 0.1) is 18.3 Å². The van der Waals surface area contributed by atoms with Crippen LogP contribution in [0.3, 0.4) is 0 Å². The summed E-state index contributed by atoms with van der Waals surface area (Å²) in [6, 6.07) is 0. The van der Waals surface area contributed by atoms with Gasteiger partial charge in [0, 0.05) is 0 Å². The van der Waals surface area contributed by atoms with Crippen LogP contribution in [-0.4, -0.2) is 133 Å². The molecule has 0 saturated carbocycles. The molecule has 3 aliphatic heterocycles. The first-order valence-electron chi connectivity index (χ1n) is 10.2. The number of hydrogen-bond acceptors (Lipinski definition) is 13. The molecule has 13 heteroatoms. The first-order valence-corrected chi connectivity index (χ1v) is 10.2. The zero-order valence-corrected chi connectivity index (χ0v) is 17.3. The first-order chi connectivity index (χ1) is 14.4. The summed E-state index contributed by atoms with van der Waals surface area (Å²) in [7, 11) is 0. The Morgan fingerprint density at radius 2 is 0.871 bits per heavy atom. The van der Waals surface area contributed by atoms with Gasteiger partial charge in [0.2, 0.25) is 0 Å². The summed E-state index contributed by atoms with van der Waals surface area (Å²) in [6.07, 6.45) is -20.8. The number of aliphatic hydroxyl groups is 8. The molecule has 0 radical (unpaired) electrons. The van der Waals surface area contributed by atoms with Crippen molar-refractivity contribution in [2.24, 2.45) is 0 Å². The lowest BCUT2D eigenvalue weighted by atomic mass is 9.96. The maximum atomic E-state index is 10.4. The van der Waals surface area contributed by atoms with Gasteiger partial charge < -0.3 is 64.5 Å². The van der Waals surface area contributed by atoms with E-state index in [2.05, 4.69) is 0 Å². The van der Waals surface area contributed by atoms with Crippen molar-refractivity contribution >= 4 is 0 Å². The lowest BCUT2D eigenvalue weighted by molar-refractivity contribution is -0.377. The Bertz CT molecular complexity index is 595. The van der Waals surface area contributed by atoms with Crippen LogP contribution in [0.15, 0.2) is 0 Å². The van der Waals surface area contributed by atoms with Crippen LogP contribution in [0.1, 0.15) is 20.8 Å². The minimum absolute atomic E-state index is 0.890. The van der Waals surface area contributed by atoms with Gasteiger partial charge in [-0.25, -0.2) is 0 Å². The molecule has 0 unspecified atom stereocenters. The van der Waals surface area contributed by atoms with Crippen LogP contribution in [0, 0.1) is 0 Å². The van der Waals surface area contributed by atoms with Gasteiger partial charge in [0.25, 0.3) is 0 Å². The Labute approximate surface area is 178 Å². The molecule has 0 aromatic carbocycles. The quantitative estimate of drug-likeness (QED) is 0.201. The van der Waals surface area contributed by atoms with E-state index < -0.39 is 92.1 Å². The molecular weight excluding hydrogens is 424 g/mol. The van der Waals surface area contributed by atoms with Crippen molar-refractivity contribution in [2.75, 3.05) is 0 Å².